The first-order valence-corrected chi connectivity index (χ1v) is 20.4. The zero-order valence-corrected chi connectivity index (χ0v) is 33.4. The number of Topliss-reactive ketones (excluding diaryl/α,β-unsaturated/α-hetero) is 1. The number of aliphatic hydroxyl groups is 9. The van der Waals surface area contributed by atoms with E-state index >= 15 is 0 Å². The van der Waals surface area contributed by atoms with Crippen molar-refractivity contribution in [2.75, 3.05) is 19.8 Å². The van der Waals surface area contributed by atoms with Gasteiger partial charge in [-0.05, 0) is 78.4 Å². The average Bonchev–Trinajstić information content (AvgIpc) is 3.13. The molecule has 0 amide bonds. The van der Waals surface area contributed by atoms with Crippen molar-refractivity contribution in [2.45, 2.75) is 160 Å². The second-order valence-electron chi connectivity index (χ2n) is 20.2. The molecule has 7 aliphatic rings. The van der Waals surface area contributed by atoms with Crippen molar-refractivity contribution >= 4 is 11.8 Å². The van der Waals surface area contributed by atoms with Crippen LogP contribution in [0.4, 0.5) is 0 Å². The molecule has 0 radical (unpaired) electrons. The standard InChI is InChI=1S/C41H64O15/c1-36(2)9-11-41(35(52)56-33-29(50)26(47)23(46)17-53-33)12-10-39(5)19(20(41)13-36)7-8-25-37(3)14-22(45)32(38(4,18-43)31(37)21(44)15-40(25,39)6)55-34-30(51)28(49)27(48)24(16-42)54-34/h7,20-21,23-34,42-44,46-51H,8-18H2,1-6H3/t20-,21+,23-,24+,25+,26-,27+,28-,29-,30+,31+,32-,33+,34+,37+,38-,39+,40+,41-/m0/s1. The molecule has 0 unspecified atom stereocenters. The average molecular weight is 797 g/mol. The van der Waals surface area contributed by atoms with Gasteiger partial charge >= 0.3 is 5.97 Å². The molecule has 9 N–H and O–H groups in total. The summed E-state index contributed by atoms with van der Waals surface area (Å²) in [6.07, 6.45) is -10.0. The number of carbonyl (C=O) groups is 2. The molecular formula is C41H64O15. The van der Waals surface area contributed by atoms with Crippen LogP contribution in [-0.2, 0) is 28.5 Å². The van der Waals surface area contributed by atoms with Crippen LogP contribution in [0.5, 0.6) is 0 Å². The van der Waals surface area contributed by atoms with E-state index in [2.05, 4.69) is 33.8 Å². The molecule has 2 saturated heterocycles. The Morgan fingerprint density at radius 2 is 1.48 bits per heavy atom. The maximum Gasteiger partial charge on any atom is 0.315 e. The molecule has 0 spiro atoms. The molecule has 0 bridgehead atoms. The third kappa shape index (κ3) is 6.04. The molecule has 0 aromatic heterocycles. The third-order valence-corrected chi connectivity index (χ3v) is 16.6. The first-order valence-electron chi connectivity index (χ1n) is 20.4. The number of esters is 1. The number of hydrogen-bond acceptors (Lipinski definition) is 15. The highest BCUT2D eigenvalue weighted by Gasteiger charge is 2.73. The van der Waals surface area contributed by atoms with Gasteiger partial charge in [0.2, 0.25) is 6.29 Å². The van der Waals surface area contributed by atoms with E-state index in [0.717, 1.165) is 12.0 Å². The maximum atomic E-state index is 14.4. The van der Waals surface area contributed by atoms with Crippen LogP contribution >= 0.6 is 0 Å². The number of ether oxygens (including phenoxy) is 4. The molecule has 6 fully saturated rings. The fraction of sp³-hybridized carbons (Fsp3) is 0.902. The van der Waals surface area contributed by atoms with Crippen LogP contribution in [-0.4, -0.2) is 145 Å². The zero-order chi connectivity index (χ0) is 41.1. The lowest BCUT2D eigenvalue weighted by Gasteiger charge is -2.72. The summed E-state index contributed by atoms with van der Waals surface area (Å²) in [6, 6.07) is 0. The molecule has 4 saturated carbocycles. The number of fused-ring (bicyclic) bond motifs is 7. The molecule has 2 heterocycles. The summed E-state index contributed by atoms with van der Waals surface area (Å²) in [6.45, 7) is 11.0. The van der Waals surface area contributed by atoms with Gasteiger partial charge in [-0.25, -0.2) is 0 Å². The van der Waals surface area contributed by atoms with Crippen molar-refractivity contribution in [1.82, 2.24) is 0 Å². The first-order chi connectivity index (χ1) is 26.0. The minimum atomic E-state index is -1.75. The van der Waals surface area contributed by atoms with Gasteiger partial charge in [-0.15, -0.1) is 0 Å². The van der Waals surface area contributed by atoms with Crippen LogP contribution < -0.4 is 0 Å². The Hall–Kier alpha value is -1.60. The van der Waals surface area contributed by atoms with Crippen molar-refractivity contribution in [3.63, 3.8) is 0 Å². The lowest BCUT2D eigenvalue weighted by Crippen LogP contribution is -2.72. The Labute approximate surface area is 328 Å². The van der Waals surface area contributed by atoms with Gasteiger partial charge in [0, 0.05) is 17.8 Å². The molecule has 0 aromatic carbocycles. The lowest BCUT2D eigenvalue weighted by molar-refractivity contribution is -0.329. The Kier molecular flexibility index (Phi) is 10.8. The molecule has 15 heteroatoms. The summed E-state index contributed by atoms with van der Waals surface area (Å²) in [4.78, 5) is 28.9. The van der Waals surface area contributed by atoms with Gasteiger partial charge in [-0.2, -0.15) is 0 Å². The van der Waals surface area contributed by atoms with Crippen LogP contribution in [0.1, 0.15) is 92.9 Å². The Balaban J connectivity index is 1.22. The van der Waals surface area contributed by atoms with Crippen molar-refractivity contribution < 1.29 is 74.5 Å². The van der Waals surface area contributed by atoms with Gasteiger partial charge in [0.05, 0.1) is 31.3 Å². The molecule has 318 valence electrons. The van der Waals surface area contributed by atoms with Crippen LogP contribution in [0.25, 0.3) is 0 Å². The van der Waals surface area contributed by atoms with Gasteiger partial charge in [0.25, 0.3) is 0 Å². The summed E-state index contributed by atoms with van der Waals surface area (Å²) in [5.74, 6) is -1.89. The quantitative estimate of drug-likeness (QED) is 0.0981. The monoisotopic (exact) mass is 796 g/mol. The van der Waals surface area contributed by atoms with Crippen LogP contribution in [0.2, 0.25) is 0 Å². The van der Waals surface area contributed by atoms with E-state index in [4.69, 9.17) is 18.9 Å². The van der Waals surface area contributed by atoms with E-state index in [1.165, 1.54) is 0 Å². The van der Waals surface area contributed by atoms with Crippen LogP contribution in [0.15, 0.2) is 11.6 Å². The van der Waals surface area contributed by atoms with Crippen molar-refractivity contribution in [1.29, 1.82) is 0 Å². The van der Waals surface area contributed by atoms with Gasteiger partial charge in [-0.3, -0.25) is 9.59 Å². The van der Waals surface area contributed by atoms with E-state index in [-0.39, 0.29) is 36.1 Å². The zero-order valence-electron chi connectivity index (χ0n) is 33.4. The molecule has 2 aliphatic heterocycles. The number of carbonyl (C=O) groups excluding carboxylic acids is 2. The van der Waals surface area contributed by atoms with E-state index < -0.39 is 120 Å². The molecular weight excluding hydrogens is 732 g/mol. The Morgan fingerprint density at radius 3 is 2.14 bits per heavy atom. The normalized spacial score (nSPS) is 54.1. The van der Waals surface area contributed by atoms with Gasteiger partial charge in [-0.1, -0.05) is 53.2 Å². The summed E-state index contributed by atoms with van der Waals surface area (Å²) in [5.41, 5.74) is -3.19. The van der Waals surface area contributed by atoms with Gasteiger partial charge in [0.1, 0.15) is 48.8 Å². The number of hydrogen-bond donors (Lipinski definition) is 9. The smallest absolute Gasteiger partial charge is 0.315 e. The second kappa shape index (κ2) is 14.3. The number of allylic oxidation sites excluding steroid dienone is 2. The summed E-state index contributed by atoms with van der Waals surface area (Å²) in [5, 5.41) is 95.8. The Morgan fingerprint density at radius 1 is 0.821 bits per heavy atom. The van der Waals surface area contributed by atoms with Crippen LogP contribution in [0.3, 0.4) is 0 Å². The molecule has 0 aromatic rings. The summed E-state index contributed by atoms with van der Waals surface area (Å²) >= 11 is 0. The Bertz CT molecular complexity index is 1570. The molecule has 5 aliphatic carbocycles. The number of rotatable bonds is 6. The van der Waals surface area contributed by atoms with Crippen LogP contribution in [0, 0.1) is 50.2 Å². The number of aliphatic hydroxyl groups excluding tert-OH is 9. The van der Waals surface area contributed by atoms with Gasteiger partial charge < -0.3 is 64.9 Å². The predicted octanol–water partition coefficient (Wildman–Crippen LogP) is 0.0776. The second-order valence-corrected chi connectivity index (χ2v) is 20.2. The van der Waals surface area contributed by atoms with E-state index in [1.54, 1.807) is 6.92 Å². The minimum Gasteiger partial charge on any atom is -0.432 e. The van der Waals surface area contributed by atoms with Crippen molar-refractivity contribution in [3.05, 3.63) is 11.6 Å². The molecule has 19 atom stereocenters. The first kappa shape index (κ1) is 42.5. The highest BCUT2D eigenvalue weighted by molar-refractivity contribution is 5.86. The maximum absolute atomic E-state index is 14.4. The summed E-state index contributed by atoms with van der Waals surface area (Å²) < 4.78 is 23.1. The minimum absolute atomic E-state index is 0.0110. The fourth-order valence-corrected chi connectivity index (χ4v) is 13.3. The number of ketones is 1. The fourth-order valence-electron chi connectivity index (χ4n) is 13.3. The van der Waals surface area contributed by atoms with E-state index in [0.29, 0.717) is 38.5 Å². The summed E-state index contributed by atoms with van der Waals surface area (Å²) in [7, 11) is 0. The molecule has 15 nitrogen and oxygen atoms in total. The largest absolute Gasteiger partial charge is 0.432 e. The highest BCUT2D eigenvalue weighted by atomic mass is 16.7. The van der Waals surface area contributed by atoms with Crippen molar-refractivity contribution in [2.24, 2.45) is 50.2 Å². The van der Waals surface area contributed by atoms with Crippen molar-refractivity contribution in [3.8, 4) is 0 Å². The topological polar surface area (TPSA) is 253 Å². The third-order valence-electron chi connectivity index (χ3n) is 16.6. The lowest BCUT2D eigenvalue weighted by atomic mass is 9.33. The molecule has 7 rings (SSSR count). The molecule has 56 heavy (non-hydrogen) atoms. The van der Waals surface area contributed by atoms with E-state index in [9.17, 15) is 55.5 Å². The van der Waals surface area contributed by atoms with Gasteiger partial charge in [0.15, 0.2) is 12.1 Å². The highest BCUT2D eigenvalue weighted by Crippen LogP contribution is 2.76. The predicted molar refractivity (Wildman–Crippen MR) is 195 cm³/mol. The SMILES string of the molecule is CC1(C)CC[C@]2(C(=O)O[C@H]3OC[C@H](O)[C@H](O)[C@@H]3O)CC[C@]3(C)C(=CC[C@@H]4[C@@]5(C)CC(=O)[C@H](O[C@H]6O[C@H](CO)[C@@H](O)[C@H](O)[C@H]6O)[C@@](C)(CO)[C@@H]5[C@H](O)C[C@]43C)[C@@H]2C1. The van der Waals surface area contributed by atoms with E-state index in [1.807, 2.05) is 6.92 Å².